The third-order valence-electron chi connectivity index (χ3n) is 3.89. The highest BCUT2D eigenvalue weighted by Crippen LogP contribution is 2.14. The molecule has 0 aliphatic rings. The van der Waals surface area contributed by atoms with Gasteiger partial charge in [0.15, 0.2) is 5.96 Å². The summed E-state index contributed by atoms with van der Waals surface area (Å²) in [6.45, 7) is 4.43. The summed E-state index contributed by atoms with van der Waals surface area (Å²) in [5.74, 6) is 0.854. The van der Waals surface area contributed by atoms with E-state index in [9.17, 15) is 0 Å². The van der Waals surface area contributed by atoms with Crippen LogP contribution < -0.4 is 10.6 Å². The SMILES string of the molecule is CCNC(=NCc1cc2ccccc2[nH]1)NCCc1ccccc1.I. The summed E-state index contributed by atoms with van der Waals surface area (Å²) < 4.78 is 0. The van der Waals surface area contributed by atoms with E-state index >= 15 is 0 Å². The van der Waals surface area contributed by atoms with Crippen molar-refractivity contribution in [2.45, 2.75) is 19.9 Å². The normalized spacial score (nSPS) is 11.2. The number of aliphatic imine (C=N–C) groups is 1. The zero-order chi connectivity index (χ0) is 16.6. The lowest BCUT2D eigenvalue weighted by atomic mass is 10.1. The van der Waals surface area contributed by atoms with Gasteiger partial charge in [-0.05, 0) is 36.4 Å². The van der Waals surface area contributed by atoms with E-state index in [1.54, 1.807) is 0 Å². The zero-order valence-electron chi connectivity index (χ0n) is 14.5. The molecule has 0 aliphatic carbocycles. The monoisotopic (exact) mass is 448 g/mol. The topological polar surface area (TPSA) is 52.2 Å². The third kappa shape index (κ3) is 5.77. The highest BCUT2D eigenvalue weighted by molar-refractivity contribution is 14.0. The maximum atomic E-state index is 4.67. The number of fused-ring (bicyclic) bond motifs is 1. The molecule has 2 aromatic carbocycles. The Morgan fingerprint density at radius 2 is 1.76 bits per heavy atom. The number of aromatic nitrogens is 1. The van der Waals surface area contributed by atoms with Crippen LogP contribution in [0.2, 0.25) is 0 Å². The number of nitrogens with zero attached hydrogens (tertiary/aromatic N) is 1. The fourth-order valence-corrected chi connectivity index (χ4v) is 2.69. The van der Waals surface area contributed by atoms with E-state index in [0.717, 1.165) is 36.7 Å². The molecule has 0 bridgehead atoms. The highest BCUT2D eigenvalue weighted by Gasteiger charge is 2.01. The first kappa shape index (κ1) is 19.3. The van der Waals surface area contributed by atoms with Gasteiger partial charge in [0.25, 0.3) is 0 Å². The van der Waals surface area contributed by atoms with E-state index in [0.29, 0.717) is 6.54 Å². The molecule has 132 valence electrons. The Kier molecular flexibility index (Phi) is 7.78. The second kappa shape index (κ2) is 10.1. The zero-order valence-corrected chi connectivity index (χ0v) is 16.8. The van der Waals surface area contributed by atoms with E-state index < -0.39 is 0 Å². The number of aromatic amines is 1. The summed E-state index contributed by atoms with van der Waals surface area (Å²) in [5.41, 5.74) is 3.61. The molecular weight excluding hydrogens is 423 g/mol. The first-order valence-corrected chi connectivity index (χ1v) is 8.48. The summed E-state index contributed by atoms with van der Waals surface area (Å²) >= 11 is 0. The Balaban J connectivity index is 0.00000225. The molecule has 4 nitrogen and oxygen atoms in total. The van der Waals surface area contributed by atoms with Gasteiger partial charge in [0.1, 0.15) is 0 Å². The van der Waals surface area contributed by atoms with Crippen LogP contribution in [0.5, 0.6) is 0 Å². The van der Waals surface area contributed by atoms with Gasteiger partial charge < -0.3 is 15.6 Å². The molecule has 0 radical (unpaired) electrons. The van der Waals surface area contributed by atoms with Crippen LogP contribution >= 0.6 is 24.0 Å². The minimum absolute atomic E-state index is 0. The summed E-state index contributed by atoms with van der Waals surface area (Å²) in [4.78, 5) is 8.09. The lowest BCUT2D eigenvalue weighted by Gasteiger charge is -2.11. The van der Waals surface area contributed by atoms with Crippen molar-refractivity contribution < 1.29 is 0 Å². The molecule has 0 fully saturated rings. The predicted molar refractivity (Wildman–Crippen MR) is 117 cm³/mol. The van der Waals surface area contributed by atoms with Gasteiger partial charge in [-0.1, -0.05) is 48.5 Å². The molecule has 0 aliphatic heterocycles. The number of hydrogen-bond donors (Lipinski definition) is 3. The molecule has 3 rings (SSSR count). The molecule has 0 spiro atoms. The molecule has 0 unspecified atom stereocenters. The molecule has 25 heavy (non-hydrogen) atoms. The van der Waals surface area contributed by atoms with Gasteiger partial charge in [-0.3, -0.25) is 0 Å². The average Bonchev–Trinajstić information content (AvgIpc) is 3.03. The van der Waals surface area contributed by atoms with Crippen LogP contribution in [0, 0.1) is 0 Å². The lowest BCUT2D eigenvalue weighted by molar-refractivity contribution is 0.798. The van der Waals surface area contributed by atoms with Gasteiger partial charge in [-0.2, -0.15) is 0 Å². The number of H-pyrrole nitrogens is 1. The van der Waals surface area contributed by atoms with Crippen LogP contribution in [0.15, 0.2) is 65.7 Å². The molecule has 0 saturated carbocycles. The third-order valence-corrected chi connectivity index (χ3v) is 3.89. The quantitative estimate of drug-likeness (QED) is 0.303. The van der Waals surface area contributed by atoms with Crippen molar-refractivity contribution in [3.63, 3.8) is 0 Å². The predicted octanol–water partition coefficient (Wildman–Crippen LogP) is 4.08. The Morgan fingerprint density at radius 3 is 2.52 bits per heavy atom. The number of nitrogens with one attached hydrogen (secondary N) is 3. The smallest absolute Gasteiger partial charge is 0.191 e. The van der Waals surface area contributed by atoms with E-state index in [1.165, 1.54) is 10.9 Å². The molecule has 0 amide bonds. The molecule has 3 N–H and O–H groups in total. The van der Waals surface area contributed by atoms with Crippen LogP contribution in [0.25, 0.3) is 10.9 Å². The number of hydrogen-bond acceptors (Lipinski definition) is 1. The average molecular weight is 448 g/mol. The van der Waals surface area contributed by atoms with Crippen molar-refractivity contribution >= 4 is 40.8 Å². The van der Waals surface area contributed by atoms with E-state index in [-0.39, 0.29) is 24.0 Å². The van der Waals surface area contributed by atoms with E-state index in [2.05, 4.69) is 76.1 Å². The Bertz CT molecular complexity index is 763. The number of rotatable bonds is 6. The van der Waals surface area contributed by atoms with Crippen molar-refractivity contribution in [3.05, 3.63) is 71.9 Å². The van der Waals surface area contributed by atoms with Gasteiger partial charge in [0.2, 0.25) is 0 Å². The maximum absolute atomic E-state index is 4.67. The molecule has 3 aromatic rings. The van der Waals surface area contributed by atoms with Crippen molar-refractivity contribution in [1.29, 1.82) is 0 Å². The summed E-state index contributed by atoms with van der Waals surface area (Å²) in [6.07, 6.45) is 0.984. The van der Waals surface area contributed by atoms with Gasteiger partial charge in [0.05, 0.1) is 6.54 Å². The number of guanidine groups is 1. The first-order chi connectivity index (χ1) is 11.8. The Hall–Kier alpha value is -2.02. The molecular formula is C20H25IN4. The van der Waals surface area contributed by atoms with Crippen molar-refractivity contribution in [3.8, 4) is 0 Å². The standard InChI is InChI=1S/C20H24N4.HI/c1-2-21-20(22-13-12-16-8-4-3-5-9-16)23-15-18-14-17-10-6-7-11-19(17)24-18;/h3-11,14,24H,2,12-13,15H2,1H3,(H2,21,22,23);1H. The summed E-state index contributed by atoms with van der Waals surface area (Å²) in [7, 11) is 0. The fraction of sp³-hybridized carbons (Fsp3) is 0.250. The molecule has 5 heteroatoms. The van der Waals surface area contributed by atoms with Crippen LogP contribution in [0.1, 0.15) is 18.2 Å². The van der Waals surface area contributed by atoms with Gasteiger partial charge in [-0.15, -0.1) is 24.0 Å². The number of para-hydroxylation sites is 1. The largest absolute Gasteiger partial charge is 0.357 e. The fourth-order valence-electron chi connectivity index (χ4n) is 2.69. The van der Waals surface area contributed by atoms with Crippen LogP contribution in [-0.4, -0.2) is 24.0 Å². The minimum atomic E-state index is 0. The van der Waals surface area contributed by atoms with Crippen molar-refractivity contribution in [2.75, 3.05) is 13.1 Å². The van der Waals surface area contributed by atoms with Gasteiger partial charge in [0, 0.05) is 24.3 Å². The Morgan fingerprint density at radius 1 is 1.00 bits per heavy atom. The number of benzene rings is 2. The van der Waals surface area contributed by atoms with Crippen LogP contribution in [-0.2, 0) is 13.0 Å². The second-order valence-electron chi connectivity index (χ2n) is 5.74. The summed E-state index contributed by atoms with van der Waals surface area (Å²) in [5, 5.41) is 7.92. The van der Waals surface area contributed by atoms with Gasteiger partial charge in [-0.25, -0.2) is 4.99 Å². The maximum Gasteiger partial charge on any atom is 0.191 e. The van der Waals surface area contributed by atoms with Crippen molar-refractivity contribution in [2.24, 2.45) is 4.99 Å². The number of halogens is 1. The minimum Gasteiger partial charge on any atom is -0.357 e. The van der Waals surface area contributed by atoms with E-state index in [4.69, 9.17) is 0 Å². The lowest BCUT2D eigenvalue weighted by Crippen LogP contribution is -2.38. The van der Waals surface area contributed by atoms with E-state index in [1.807, 2.05) is 12.1 Å². The highest BCUT2D eigenvalue weighted by atomic mass is 127. The molecule has 1 heterocycles. The first-order valence-electron chi connectivity index (χ1n) is 8.48. The molecule has 1 aromatic heterocycles. The van der Waals surface area contributed by atoms with Crippen LogP contribution in [0.3, 0.4) is 0 Å². The Labute approximate surface area is 166 Å². The van der Waals surface area contributed by atoms with Gasteiger partial charge >= 0.3 is 0 Å². The summed E-state index contributed by atoms with van der Waals surface area (Å²) in [6, 6.07) is 20.9. The second-order valence-corrected chi connectivity index (χ2v) is 5.74. The van der Waals surface area contributed by atoms with Crippen molar-refractivity contribution in [1.82, 2.24) is 15.6 Å². The molecule has 0 atom stereocenters. The van der Waals surface area contributed by atoms with Crippen LogP contribution in [0.4, 0.5) is 0 Å². The molecule has 0 saturated heterocycles.